The minimum Gasteiger partial charge on any atom is -0.302 e. The van der Waals surface area contributed by atoms with E-state index in [4.69, 9.17) is 0 Å². The highest BCUT2D eigenvalue weighted by atomic mass is 15.2. The molecule has 0 aromatic carbocycles. The van der Waals surface area contributed by atoms with Gasteiger partial charge in [-0.1, -0.05) is 20.3 Å². The zero-order chi connectivity index (χ0) is 13.2. The molecule has 2 aliphatic rings. The van der Waals surface area contributed by atoms with Crippen LogP contribution in [-0.4, -0.2) is 36.6 Å². The van der Waals surface area contributed by atoms with Gasteiger partial charge < -0.3 is 10.2 Å². The molecule has 1 heterocycles. The van der Waals surface area contributed by atoms with Crippen molar-refractivity contribution in [3.63, 3.8) is 0 Å². The van der Waals surface area contributed by atoms with Gasteiger partial charge in [-0.05, 0) is 57.7 Å². The predicted octanol–water partition coefficient (Wildman–Crippen LogP) is 2.53. The number of rotatable bonds is 3. The fourth-order valence-electron chi connectivity index (χ4n) is 3.50. The second kappa shape index (κ2) is 5.19. The molecule has 1 aliphatic heterocycles. The van der Waals surface area contributed by atoms with E-state index >= 15 is 0 Å². The number of hydrogen-bond acceptors (Lipinski definition) is 3. The monoisotopic (exact) mass is 249 g/mol. The van der Waals surface area contributed by atoms with Gasteiger partial charge in [-0.15, -0.1) is 0 Å². The Labute approximate surface area is 112 Å². The summed E-state index contributed by atoms with van der Waals surface area (Å²) in [5, 5.41) is 12.6. The van der Waals surface area contributed by atoms with Crippen LogP contribution in [0.25, 0.3) is 0 Å². The molecular formula is C15H27N3. The molecule has 1 saturated heterocycles. The molecular weight excluding hydrogens is 222 g/mol. The Kier molecular flexibility index (Phi) is 3.99. The number of nitrogens with zero attached hydrogens (tertiary/aromatic N) is 2. The molecule has 1 saturated carbocycles. The smallest absolute Gasteiger partial charge is 0.108 e. The Morgan fingerprint density at radius 3 is 2.44 bits per heavy atom. The first-order valence-corrected chi connectivity index (χ1v) is 7.41. The van der Waals surface area contributed by atoms with E-state index in [-0.39, 0.29) is 5.54 Å². The van der Waals surface area contributed by atoms with Crippen molar-refractivity contribution >= 4 is 0 Å². The lowest BCUT2D eigenvalue weighted by Crippen LogP contribution is -2.46. The van der Waals surface area contributed by atoms with Crippen molar-refractivity contribution in [2.45, 2.75) is 64.0 Å². The van der Waals surface area contributed by atoms with Crippen molar-refractivity contribution in [3.05, 3.63) is 0 Å². The quantitative estimate of drug-likeness (QED) is 0.835. The highest BCUT2D eigenvalue weighted by Crippen LogP contribution is 2.38. The third kappa shape index (κ3) is 2.55. The van der Waals surface area contributed by atoms with Gasteiger partial charge in [0.2, 0.25) is 0 Å². The van der Waals surface area contributed by atoms with Crippen molar-refractivity contribution in [2.75, 3.05) is 20.1 Å². The first-order chi connectivity index (χ1) is 8.56. The highest BCUT2D eigenvalue weighted by Gasteiger charge is 2.42. The molecule has 0 bridgehead atoms. The van der Waals surface area contributed by atoms with Crippen molar-refractivity contribution in [3.8, 4) is 6.07 Å². The van der Waals surface area contributed by atoms with Gasteiger partial charge in [0.05, 0.1) is 6.07 Å². The standard InChI is InChI=1S/C15H27N3/c1-4-14(2)7-9-18(10-8-14)13-5-6-15(11-13,12-16)17-3/h13,17H,4-11H2,1-3H3. The molecule has 3 heteroatoms. The van der Waals surface area contributed by atoms with E-state index in [0.717, 1.165) is 12.8 Å². The molecule has 3 nitrogen and oxygen atoms in total. The van der Waals surface area contributed by atoms with E-state index in [1.54, 1.807) is 0 Å². The zero-order valence-electron chi connectivity index (χ0n) is 12.1. The maximum absolute atomic E-state index is 9.32. The molecule has 0 radical (unpaired) electrons. The Bertz CT molecular complexity index is 325. The summed E-state index contributed by atoms with van der Waals surface area (Å²) in [4.78, 5) is 2.63. The van der Waals surface area contributed by atoms with E-state index in [9.17, 15) is 5.26 Å². The van der Waals surface area contributed by atoms with Gasteiger partial charge in [0.1, 0.15) is 5.54 Å². The van der Waals surface area contributed by atoms with Gasteiger partial charge in [-0.3, -0.25) is 0 Å². The van der Waals surface area contributed by atoms with Crippen LogP contribution in [0.5, 0.6) is 0 Å². The summed E-state index contributed by atoms with van der Waals surface area (Å²) in [6, 6.07) is 3.11. The van der Waals surface area contributed by atoms with Crippen LogP contribution in [0.2, 0.25) is 0 Å². The first kappa shape index (κ1) is 13.8. The summed E-state index contributed by atoms with van der Waals surface area (Å²) in [6.07, 6.45) is 7.12. The van der Waals surface area contributed by atoms with Gasteiger partial charge in [0.15, 0.2) is 0 Å². The van der Waals surface area contributed by atoms with Gasteiger partial charge in [0.25, 0.3) is 0 Å². The van der Waals surface area contributed by atoms with Gasteiger partial charge in [0, 0.05) is 6.04 Å². The van der Waals surface area contributed by atoms with Crippen LogP contribution in [0.4, 0.5) is 0 Å². The number of piperidine rings is 1. The molecule has 0 aromatic rings. The van der Waals surface area contributed by atoms with Crippen molar-refractivity contribution in [2.24, 2.45) is 5.41 Å². The molecule has 2 unspecified atom stereocenters. The molecule has 0 amide bonds. The first-order valence-electron chi connectivity index (χ1n) is 7.41. The summed E-state index contributed by atoms with van der Waals surface area (Å²) in [5.41, 5.74) is 0.306. The normalized spacial score (nSPS) is 36.4. The molecule has 18 heavy (non-hydrogen) atoms. The molecule has 1 aliphatic carbocycles. The fourth-order valence-corrected chi connectivity index (χ4v) is 3.50. The summed E-state index contributed by atoms with van der Waals surface area (Å²) in [7, 11) is 1.93. The topological polar surface area (TPSA) is 39.1 Å². The lowest BCUT2D eigenvalue weighted by molar-refractivity contribution is 0.0807. The van der Waals surface area contributed by atoms with E-state index in [1.807, 2.05) is 7.05 Å². The Balaban J connectivity index is 1.91. The fraction of sp³-hybridized carbons (Fsp3) is 0.933. The summed E-state index contributed by atoms with van der Waals surface area (Å²) < 4.78 is 0. The van der Waals surface area contributed by atoms with Crippen LogP contribution >= 0.6 is 0 Å². The van der Waals surface area contributed by atoms with Crippen molar-refractivity contribution < 1.29 is 0 Å². The van der Waals surface area contributed by atoms with Crippen LogP contribution in [-0.2, 0) is 0 Å². The number of likely N-dealkylation sites (tertiary alicyclic amines) is 1. The molecule has 2 rings (SSSR count). The van der Waals surface area contributed by atoms with E-state index in [2.05, 4.69) is 30.1 Å². The molecule has 1 N–H and O–H groups in total. The Hall–Kier alpha value is -0.590. The van der Waals surface area contributed by atoms with Crippen LogP contribution in [0, 0.1) is 16.7 Å². The van der Waals surface area contributed by atoms with Crippen LogP contribution < -0.4 is 5.32 Å². The highest BCUT2D eigenvalue weighted by molar-refractivity contribution is 5.13. The second-order valence-corrected chi connectivity index (χ2v) is 6.54. The number of hydrogen-bond donors (Lipinski definition) is 1. The minimum atomic E-state index is -0.254. The van der Waals surface area contributed by atoms with E-state index < -0.39 is 0 Å². The second-order valence-electron chi connectivity index (χ2n) is 6.54. The van der Waals surface area contributed by atoms with Gasteiger partial charge in [-0.25, -0.2) is 0 Å². The number of nitrogens with one attached hydrogen (secondary N) is 1. The number of nitriles is 1. The third-order valence-corrected chi connectivity index (χ3v) is 5.56. The summed E-state index contributed by atoms with van der Waals surface area (Å²) in [6.45, 7) is 7.18. The predicted molar refractivity (Wildman–Crippen MR) is 74.2 cm³/mol. The summed E-state index contributed by atoms with van der Waals surface area (Å²) in [5.74, 6) is 0. The lowest BCUT2D eigenvalue weighted by Gasteiger charge is -2.41. The molecule has 102 valence electrons. The van der Waals surface area contributed by atoms with Gasteiger partial charge >= 0.3 is 0 Å². The average molecular weight is 249 g/mol. The van der Waals surface area contributed by atoms with Crippen LogP contribution in [0.3, 0.4) is 0 Å². The zero-order valence-corrected chi connectivity index (χ0v) is 12.1. The molecule has 0 spiro atoms. The summed E-state index contributed by atoms with van der Waals surface area (Å²) >= 11 is 0. The molecule has 2 fully saturated rings. The van der Waals surface area contributed by atoms with Crippen LogP contribution in [0.15, 0.2) is 0 Å². The van der Waals surface area contributed by atoms with Gasteiger partial charge in [-0.2, -0.15) is 5.26 Å². The molecule has 0 aromatic heterocycles. The SMILES string of the molecule is CCC1(C)CCN(C2CCC(C#N)(NC)C2)CC1. The Morgan fingerprint density at radius 1 is 1.33 bits per heavy atom. The minimum absolute atomic E-state index is 0.254. The van der Waals surface area contributed by atoms with Crippen LogP contribution in [0.1, 0.15) is 52.4 Å². The largest absolute Gasteiger partial charge is 0.302 e. The van der Waals surface area contributed by atoms with E-state index in [1.165, 1.54) is 38.8 Å². The Morgan fingerprint density at radius 2 is 2.00 bits per heavy atom. The third-order valence-electron chi connectivity index (χ3n) is 5.56. The van der Waals surface area contributed by atoms with Crippen molar-refractivity contribution in [1.82, 2.24) is 10.2 Å². The lowest BCUT2D eigenvalue weighted by atomic mass is 9.78. The average Bonchev–Trinajstić information content (AvgIpc) is 2.85. The van der Waals surface area contributed by atoms with E-state index in [0.29, 0.717) is 11.5 Å². The van der Waals surface area contributed by atoms with Crippen molar-refractivity contribution in [1.29, 1.82) is 5.26 Å². The molecule has 2 atom stereocenters. The maximum Gasteiger partial charge on any atom is 0.108 e. The maximum atomic E-state index is 9.32.